The van der Waals surface area contributed by atoms with E-state index in [2.05, 4.69) is 5.18 Å². The number of aryl methyl sites for hydroxylation is 1. The molecule has 0 saturated heterocycles. The molecule has 110 valence electrons. The molecule has 0 aliphatic rings. The van der Waals surface area contributed by atoms with Crippen LogP contribution in [0.15, 0.2) is 11.2 Å². The van der Waals surface area contributed by atoms with Crippen molar-refractivity contribution in [1.29, 1.82) is 0 Å². The average Bonchev–Trinajstić information content (AvgIpc) is 2.36. The summed E-state index contributed by atoms with van der Waals surface area (Å²) in [4.78, 5) is 21.7. The van der Waals surface area contributed by atoms with E-state index >= 15 is 0 Å². The second-order valence-electron chi connectivity index (χ2n) is 4.19. The van der Waals surface area contributed by atoms with E-state index in [0.29, 0.717) is 0 Å². The molecule has 8 heteroatoms. The van der Waals surface area contributed by atoms with E-state index in [1.165, 1.54) is 6.92 Å². The first-order valence-electron chi connectivity index (χ1n) is 5.68. The molecule has 1 rings (SSSR count). The van der Waals surface area contributed by atoms with Crippen molar-refractivity contribution in [2.24, 2.45) is 5.18 Å². The van der Waals surface area contributed by atoms with Gasteiger partial charge < -0.3 is 25.2 Å². The number of hydrogen-bond acceptors (Lipinski definition) is 8. The largest absolute Gasteiger partial charge is 0.505 e. The van der Waals surface area contributed by atoms with E-state index in [0.717, 1.165) is 13.0 Å². The van der Waals surface area contributed by atoms with Crippen LogP contribution in [0.4, 0.5) is 5.69 Å². The molecule has 8 nitrogen and oxygen atoms in total. The first-order valence-corrected chi connectivity index (χ1v) is 5.68. The zero-order chi connectivity index (χ0) is 15.4. The number of aliphatic hydroxyl groups is 2. The zero-order valence-electron chi connectivity index (χ0n) is 10.9. The van der Waals surface area contributed by atoms with Crippen LogP contribution in [0.5, 0.6) is 11.5 Å². The number of esters is 1. The monoisotopic (exact) mass is 285 g/mol. The van der Waals surface area contributed by atoms with Crippen LogP contribution in [-0.2, 0) is 9.53 Å². The van der Waals surface area contributed by atoms with Crippen molar-refractivity contribution in [1.82, 2.24) is 0 Å². The Morgan fingerprint density at radius 2 is 2.05 bits per heavy atom. The second kappa shape index (κ2) is 6.31. The van der Waals surface area contributed by atoms with Gasteiger partial charge in [0.25, 0.3) is 0 Å². The van der Waals surface area contributed by atoms with Gasteiger partial charge in [0.05, 0.1) is 6.61 Å². The molecule has 0 aliphatic carbocycles. The van der Waals surface area contributed by atoms with Crippen LogP contribution in [-0.4, -0.2) is 39.1 Å². The van der Waals surface area contributed by atoms with Crippen molar-refractivity contribution in [2.75, 3.05) is 6.61 Å². The maximum absolute atomic E-state index is 11.1. The molecule has 1 aromatic carbocycles. The van der Waals surface area contributed by atoms with Crippen LogP contribution in [0.3, 0.4) is 0 Å². The Morgan fingerprint density at radius 1 is 1.45 bits per heavy atom. The third-order valence-electron chi connectivity index (χ3n) is 2.71. The SMILES string of the molecule is CC(=O)OC(c1c(C)cc(O)c(N=O)c1O)C(O)CO. The minimum Gasteiger partial charge on any atom is -0.505 e. The van der Waals surface area contributed by atoms with Gasteiger partial charge >= 0.3 is 5.97 Å². The minimum atomic E-state index is -1.51. The Bertz CT molecular complexity index is 529. The fourth-order valence-corrected chi connectivity index (χ4v) is 1.84. The fourth-order valence-electron chi connectivity index (χ4n) is 1.84. The van der Waals surface area contributed by atoms with Crippen molar-refractivity contribution in [3.63, 3.8) is 0 Å². The van der Waals surface area contributed by atoms with Crippen LogP contribution >= 0.6 is 0 Å². The lowest BCUT2D eigenvalue weighted by molar-refractivity contribution is -0.154. The predicted octanol–water partition coefficient (Wildman–Crippen LogP) is 0.762. The Balaban J connectivity index is 3.46. The van der Waals surface area contributed by atoms with Gasteiger partial charge in [-0.05, 0) is 23.7 Å². The summed E-state index contributed by atoms with van der Waals surface area (Å²) in [6.45, 7) is 1.81. The predicted molar refractivity (Wildman–Crippen MR) is 67.6 cm³/mol. The molecule has 4 N–H and O–H groups in total. The number of carbonyl (C=O) groups excluding carboxylic acids is 1. The quantitative estimate of drug-likeness (QED) is 0.463. The standard InChI is InChI=1S/C12H15NO7/c1-5-3-7(16)10(13-19)11(18)9(5)12(8(17)4-14)20-6(2)15/h3,8,12,14,16-18H,4H2,1-2H3. The van der Waals surface area contributed by atoms with Crippen molar-refractivity contribution >= 4 is 11.7 Å². The van der Waals surface area contributed by atoms with Gasteiger partial charge in [-0.25, -0.2) is 0 Å². The fraction of sp³-hybridized carbons (Fsp3) is 0.417. The number of phenols is 2. The molecule has 0 aliphatic heterocycles. The van der Waals surface area contributed by atoms with Crippen molar-refractivity contribution < 1.29 is 30.0 Å². The van der Waals surface area contributed by atoms with Crippen LogP contribution in [0.2, 0.25) is 0 Å². The van der Waals surface area contributed by atoms with Crippen molar-refractivity contribution in [2.45, 2.75) is 26.1 Å². The molecule has 0 bridgehead atoms. The summed E-state index contributed by atoms with van der Waals surface area (Å²) in [7, 11) is 0. The second-order valence-corrected chi connectivity index (χ2v) is 4.19. The Morgan fingerprint density at radius 3 is 2.50 bits per heavy atom. The number of nitroso groups, excluding NO2 is 1. The van der Waals surface area contributed by atoms with E-state index in [9.17, 15) is 25.0 Å². The summed E-state index contributed by atoms with van der Waals surface area (Å²) < 4.78 is 4.86. The summed E-state index contributed by atoms with van der Waals surface area (Å²) in [5.74, 6) is -2.01. The highest BCUT2D eigenvalue weighted by Gasteiger charge is 2.30. The molecule has 2 unspecified atom stereocenters. The number of phenolic OH excluding ortho intramolecular Hbond substituents is 2. The van der Waals surface area contributed by atoms with Gasteiger partial charge in [0.1, 0.15) is 11.9 Å². The number of hydrogen-bond donors (Lipinski definition) is 4. The van der Waals surface area contributed by atoms with E-state index in [4.69, 9.17) is 9.84 Å². The molecule has 0 aromatic heterocycles. The Labute approximate surface area is 114 Å². The van der Waals surface area contributed by atoms with Crippen LogP contribution < -0.4 is 0 Å². The number of rotatable bonds is 5. The maximum atomic E-state index is 11.1. The molecule has 0 radical (unpaired) electrons. The van der Waals surface area contributed by atoms with Gasteiger partial charge in [-0.3, -0.25) is 4.79 Å². The third kappa shape index (κ3) is 3.03. The van der Waals surface area contributed by atoms with Gasteiger partial charge in [-0.15, -0.1) is 4.91 Å². The topological polar surface area (TPSA) is 137 Å². The molecular formula is C12H15NO7. The molecule has 0 amide bonds. The van der Waals surface area contributed by atoms with E-state index < -0.39 is 42.0 Å². The van der Waals surface area contributed by atoms with E-state index in [1.807, 2.05) is 0 Å². The third-order valence-corrected chi connectivity index (χ3v) is 2.71. The van der Waals surface area contributed by atoms with E-state index in [-0.39, 0.29) is 11.1 Å². The molecule has 0 saturated carbocycles. The average molecular weight is 285 g/mol. The highest BCUT2D eigenvalue weighted by Crippen LogP contribution is 2.44. The lowest BCUT2D eigenvalue weighted by Crippen LogP contribution is -2.27. The number of carbonyl (C=O) groups is 1. The molecule has 0 spiro atoms. The number of benzene rings is 1. The van der Waals surface area contributed by atoms with Crippen molar-refractivity contribution in [3.05, 3.63) is 22.1 Å². The number of ether oxygens (including phenoxy) is 1. The zero-order valence-corrected chi connectivity index (χ0v) is 10.9. The summed E-state index contributed by atoms with van der Waals surface area (Å²) >= 11 is 0. The lowest BCUT2D eigenvalue weighted by Gasteiger charge is -2.24. The highest BCUT2D eigenvalue weighted by atomic mass is 16.6. The van der Waals surface area contributed by atoms with Gasteiger partial charge in [-0.1, -0.05) is 0 Å². The number of aliphatic hydroxyl groups excluding tert-OH is 2. The molecule has 0 heterocycles. The summed E-state index contributed by atoms with van der Waals surface area (Å²) in [5.41, 5.74) is -0.479. The molecule has 20 heavy (non-hydrogen) atoms. The normalized spacial score (nSPS) is 13.6. The molecular weight excluding hydrogens is 270 g/mol. The Kier molecular flexibility index (Phi) is 5.00. The summed E-state index contributed by atoms with van der Waals surface area (Å²) in [5, 5.41) is 40.6. The van der Waals surface area contributed by atoms with Crippen LogP contribution in [0, 0.1) is 11.8 Å². The first-order chi connectivity index (χ1) is 9.33. The molecule has 0 fully saturated rings. The summed E-state index contributed by atoms with van der Waals surface area (Å²) in [6, 6.07) is 1.13. The minimum absolute atomic E-state index is 0.103. The summed E-state index contributed by atoms with van der Waals surface area (Å²) in [6.07, 6.45) is -2.90. The maximum Gasteiger partial charge on any atom is 0.303 e. The van der Waals surface area contributed by atoms with Gasteiger partial charge in [0.2, 0.25) is 0 Å². The highest BCUT2D eigenvalue weighted by molar-refractivity contribution is 5.69. The van der Waals surface area contributed by atoms with Gasteiger partial charge in [0, 0.05) is 12.5 Å². The lowest BCUT2D eigenvalue weighted by atomic mass is 9.97. The Hall–Kier alpha value is -2.19. The van der Waals surface area contributed by atoms with Crippen LogP contribution in [0.1, 0.15) is 24.2 Å². The van der Waals surface area contributed by atoms with Crippen molar-refractivity contribution in [3.8, 4) is 11.5 Å². The van der Waals surface area contributed by atoms with Gasteiger partial charge in [0.15, 0.2) is 17.5 Å². The van der Waals surface area contributed by atoms with E-state index in [1.54, 1.807) is 0 Å². The van der Waals surface area contributed by atoms with Gasteiger partial charge in [-0.2, -0.15) is 0 Å². The number of aromatic hydroxyl groups is 2. The van der Waals surface area contributed by atoms with Crippen LogP contribution in [0.25, 0.3) is 0 Å². The smallest absolute Gasteiger partial charge is 0.303 e. The first kappa shape index (κ1) is 15.9. The molecule has 2 atom stereocenters. The number of nitrogens with zero attached hydrogens (tertiary/aromatic N) is 1. The molecule has 1 aromatic rings.